The Morgan fingerprint density at radius 1 is 1.48 bits per heavy atom. The molecule has 5 nitrogen and oxygen atoms in total. The van der Waals surface area contributed by atoms with Gasteiger partial charge in [-0.3, -0.25) is 4.79 Å². The molecule has 0 aliphatic carbocycles. The van der Waals surface area contributed by atoms with Crippen LogP contribution >= 0.6 is 0 Å². The van der Waals surface area contributed by atoms with Crippen molar-refractivity contribution >= 4 is 5.97 Å². The van der Waals surface area contributed by atoms with Gasteiger partial charge < -0.3 is 19.7 Å². The second-order valence-corrected chi connectivity index (χ2v) is 5.37. The maximum absolute atomic E-state index is 11.9. The van der Waals surface area contributed by atoms with E-state index in [2.05, 4.69) is 6.58 Å². The van der Waals surface area contributed by atoms with Crippen molar-refractivity contribution in [2.75, 3.05) is 7.11 Å². The lowest BCUT2D eigenvalue weighted by Crippen LogP contribution is -2.22. The molecule has 1 aromatic carbocycles. The second-order valence-electron chi connectivity index (χ2n) is 5.37. The summed E-state index contributed by atoms with van der Waals surface area (Å²) in [6.07, 6.45) is 3.26. The number of ether oxygens (including phenoxy) is 2. The number of phenolic OH excluding ortho intramolecular Hbond substituents is 1. The van der Waals surface area contributed by atoms with Crippen molar-refractivity contribution in [3.05, 3.63) is 59.1 Å². The van der Waals surface area contributed by atoms with E-state index >= 15 is 0 Å². The van der Waals surface area contributed by atoms with E-state index in [0.29, 0.717) is 11.3 Å². The van der Waals surface area contributed by atoms with E-state index < -0.39 is 5.97 Å². The molecular formula is C18H20O5. The predicted octanol–water partition coefficient (Wildman–Crippen LogP) is 3.64. The fourth-order valence-electron chi connectivity index (χ4n) is 2.68. The van der Waals surface area contributed by atoms with Crippen molar-refractivity contribution < 1.29 is 24.5 Å². The average molecular weight is 316 g/mol. The van der Waals surface area contributed by atoms with Gasteiger partial charge in [0.2, 0.25) is 0 Å². The first-order valence-electron chi connectivity index (χ1n) is 7.21. The van der Waals surface area contributed by atoms with Gasteiger partial charge in [-0.15, -0.1) is 0 Å². The van der Waals surface area contributed by atoms with Crippen molar-refractivity contribution in [2.24, 2.45) is 0 Å². The number of fused-ring (bicyclic) bond motifs is 1. The third-order valence-electron chi connectivity index (χ3n) is 3.79. The zero-order valence-electron chi connectivity index (χ0n) is 13.4. The molecule has 23 heavy (non-hydrogen) atoms. The van der Waals surface area contributed by atoms with Gasteiger partial charge in [-0.1, -0.05) is 6.58 Å². The maximum Gasteiger partial charge on any atom is 0.312 e. The fourth-order valence-corrected chi connectivity index (χ4v) is 2.68. The van der Waals surface area contributed by atoms with E-state index in [1.807, 2.05) is 6.92 Å². The van der Waals surface area contributed by atoms with Crippen LogP contribution in [0.4, 0.5) is 0 Å². The van der Waals surface area contributed by atoms with Crippen LogP contribution in [-0.2, 0) is 9.53 Å². The third kappa shape index (κ3) is 3.39. The monoisotopic (exact) mass is 316 g/mol. The summed E-state index contributed by atoms with van der Waals surface area (Å²) in [4.78, 5) is 11.9. The number of carbonyl (C=O) groups is 1. The molecule has 2 N–H and O–H groups in total. The summed E-state index contributed by atoms with van der Waals surface area (Å²) in [5, 5.41) is 19.5. The third-order valence-corrected chi connectivity index (χ3v) is 3.79. The molecule has 1 aliphatic heterocycles. The van der Waals surface area contributed by atoms with Crippen LogP contribution in [0.25, 0.3) is 0 Å². The zero-order valence-corrected chi connectivity index (χ0v) is 13.4. The number of phenols is 1. The van der Waals surface area contributed by atoms with Gasteiger partial charge in [0.1, 0.15) is 11.5 Å². The van der Waals surface area contributed by atoms with Crippen LogP contribution in [0, 0.1) is 6.92 Å². The Kier molecular flexibility index (Phi) is 4.79. The number of allylic oxidation sites excluding steroid dienone is 3. The van der Waals surface area contributed by atoms with Gasteiger partial charge in [-0.05, 0) is 43.2 Å². The molecule has 0 saturated carbocycles. The highest BCUT2D eigenvalue weighted by Gasteiger charge is 2.30. The van der Waals surface area contributed by atoms with Gasteiger partial charge in [0, 0.05) is 17.5 Å². The Labute approximate surface area is 135 Å². The lowest BCUT2D eigenvalue weighted by atomic mass is 9.84. The summed E-state index contributed by atoms with van der Waals surface area (Å²) < 4.78 is 10.4. The summed E-state index contributed by atoms with van der Waals surface area (Å²) in [7, 11) is 1.45. The fraction of sp³-hybridized carbons (Fsp3) is 0.278. The number of rotatable bonds is 4. The van der Waals surface area contributed by atoms with E-state index in [9.17, 15) is 15.0 Å². The van der Waals surface area contributed by atoms with E-state index in [4.69, 9.17) is 9.47 Å². The molecule has 1 atom stereocenters. The Balaban J connectivity index is 2.47. The first kappa shape index (κ1) is 16.7. The number of carbonyl (C=O) groups excluding carboxylic acids is 1. The van der Waals surface area contributed by atoms with Gasteiger partial charge in [0.25, 0.3) is 0 Å². The van der Waals surface area contributed by atoms with E-state index in [1.54, 1.807) is 19.1 Å². The Hall–Kier alpha value is -2.69. The summed E-state index contributed by atoms with van der Waals surface area (Å²) in [6.45, 7) is 7.54. The van der Waals surface area contributed by atoms with Crippen molar-refractivity contribution in [3.8, 4) is 11.5 Å². The Morgan fingerprint density at radius 2 is 2.17 bits per heavy atom. The molecule has 0 amide bonds. The van der Waals surface area contributed by atoms with Crippen molar-refractivity contribution in [2.45, 2.75) is 26.2 Å². The van der Waals surface area contributed by atoms with Crippen LogP contribution in [0.2, 0.25) is 0 Å². The molecule has 1 aromatic rings. The van der Waals surface area contributed by atoms with E-state index in [0.717, 1.165) is 11.1 Å². The normalized spacial score (nSPS) is 18.2. The second kappa shape index (κ2) is 6.60. The van der Waals surface area contributed by atoms with E-state index in [1.165, 1.54) is 19.3 Å². The number of methoxy groups -OCH3 is 1. The molecule has 1 heterocycles. The number of aliphatic hydroxyl groups excluding tert-OH is 1. The number of aryl methyl sites for hydroxylation is 1. The number of benzene rings is 1. The molecule has 0 aromatic heterocycles. The minimum atomic E-state index is -0.392. The largest absolute Gasteiger partial charge is 0.508 e. The molecule has 5 heteroatoms. The number of hydrogen-bond donors (Lipinski definition) is 2. The summed E-state index contributed by atoms with van der Waals surface area (Å²) in [6, 6.07) is 3.03. The van der Waals surface area contributed by atoms with Crippen LogP contribution in [-0.4, -0.2) is 23.3 Å². The quantitative estimate of drug-likeness (QED) is 0.384. The molecule has 0 bridgehead atoms. The lowest BCUT2D eigenvalue weighted by molar-refractivity contribution is -0.135. The molecule has 0 spiro atoms. The SMILES string of the molecule is C=C(/C=C(OC)\C(O)=C/C)[C@@H]1CC(=O)Oc2cc(O)cc(C)c21. The summed E-state index contributed by atoms with van der Waals surface area (Å²) in [5.41, 5.74) is 2.22. The van der Waals surface area contributed by atoms with E-state index in [-0.39, 0.29) is 29.6 Å². The van der Waals surface area contributed by atoms with Gasteiger partial charge in [-0.2, -0.15) is 0 Å². The highest BCUT2D eigenvalue weighted by Crippen LogP contribution is 2.42. The minimum Gasteiger partial charge on any atom is -0.508 e. The molecule has 0 radical (unpaired) electrons. The number of hydrogen-bond acceptors (Lipinski definition) is 5. The van der Waals surface area contributed by atoms with Crippen LogP contribution in [0.3, 0.4) is 0 Å². The predicted molar refractivity (Wildman–Crippen MR) is 86.5 cm³/mol. The van der Waals surface area contributed by atoms with Crippen LogP contribution in [0.15, 0.2) is 48.0 Å². The van der Waals surface area contributed by atoms with Gasteiger partial charge in [0.05, 0.1) is 13.5 Å². The molecular weight excluding hydrogens is 296 g/mol. The van der Waals surface area contributed by atoms with Crippen molar-refractivity contribution in [1.29, 1.82) is 0 Å². The first-order valence-corrected chi connectivity index (χ1v) is 7.21. The zero-order chi connectivity index (χ0) is 17.1. The topological polar surface area (TPSA) is 76.0 Å². The molecule has 1 aliphatic rings. The van der Waals surface area contributed by atoms with Crippen molar-refractivity contribution in [3.63, 3.8) is 0 Å². The number of aromatic hydroxyl groups is 1. The first-order chi connectivity index (χ1) is 10.9. The Bertz CT molecular complexity index is 712. The highest BCUT2D eigenvalue weighted by molar-refractivity contribution is 5.78. The highest BCUT2D eigenvalue weighted by atomic mass is 16.5. The van der Waals surface area contributed by atoms with Crippen LogP contribution in [0.5, 0.6) is 11.5 Å². The van der Waals surface area contributed by atoms with Gasteiger partial charge in [-0.25, -0.2) is 0 Å². The summed E-state index contributed by atoms with van der Waals surface area (Å²) in [5.74, 6) is -0.0467. The van der Waals surface area contributed by atoms with Gasteiger partial charge >= 0.3 is 5.97 Å². The van der Waals surface area contributed by atoms with Crippen LogP contribution in [0.1, 0.15) is 30.4 Å². The smallest absolute Gasteiger partial charge is 0.312 e. The Morgan fingerprint density at radius 3 is 2.78 bits per heavy atom. The minimum absolute atomic E-state index is 0.00492. The number of aliphatic hydroxyl groups is 1. The molecule has 0 unspecified atom stereocenters. The molecule has 2 rings (SSSR count). The summed E-state index contributed by atoms with van der Waals surface area (Å²) >= 11 is 0. The van der Waals surface area contributed by atoms with Crippen molar-refractivity contribution in [1.82, 2.24) is 0 Å². The maximum atomic E-state index is 11.9. The molecule has 122 valence electrons. The molecule has 0 saturated heterocycles. The molecule has 0 fully saturated rings. The van der Waals surface area contributed by atoms with Crippen LogP contribution < -0.4 is 4.74 Å². The average Bonchev–Trinajstić information content (AvgIpc) is 2.49. The lowest BCUT2D eigenvalue weighted by Gasteiger charge is -2.27. The number of esters is 1. The standard InChI is InChI=1S/C18H20O5/c1-5-14(20)15(22-4)7-10(2)13-9-17(21)23-16-8-12(19)6-11(3)18(13)16/h5-8,13,19-20H,2,9H2,1,3-4H3/b14-5+,15-7+/t13-/m0/s1. The van der Waals surface area contributed by atoms with Gasteiger partial charge in [0.15, 0.2) is 11.5 Å².